The molecule has 0 aromatic carbocycles. The second-order valence-corrected chi connectivity index (χ2v) is 3.16. The van der Waals surface area contributed by atoms with Gasteiger partial charge in [0, 0.05) is 13.1 Å². The summed E-state index contributed by atoms with van der Waals surface area (Å²) >= 11 is 0. The van der Waals surface area contributed by atoms with Crippen LogP contribution in [0.1, 0.15) is 13.3 Å². The molecule has 1 aliphatic rings. The minimum Gasteiger partial charge on any atom is -0.393 e. The first kappa shape index (κ1) is 8.33. The zero-order valence-electron chi connectivity index (χ0n) is 6.75. The van der Waals surface area contributed by atoms with Crippen LogP contribution in [0.5, 0.6) is 0 Å². The summed E-state index contributed by atoms with van der Waals surface area (Å²) in [7, 11) is 0. The zero-order chi connectivity index (χ0) is 8.43. The molecule has 1 rings (SSSR count). The van der Waals surface area contributed by atoms with Crippen molar-refractivity contribution in [3.05, 3.63) is 0 Å². The van der Waals surface area contributed by atoms with Gasteiger partial charge in [-0.3, -0.25) is 5.41 Å². The molecule has 64 valence electrons. The molecule has 0 unspecified atom stereocenters. The monoisotopic (exact) mass is 157 g/mol. The first-order valence-corrected chi connectivity index (χ1v) is 3.88. The van der Waals surface area contributed by atoms with Gasteiger partial charge in [-0.25, -0.2) is 0 Å². The quantitative estimate of drug-likeness (QED) is 0.330. The number of nitrogens with zero attached hydrogens (tertiary/aromatic N) is 1. The molecular formula is C7H15N3O. The third kappa shape index (κ3) is 1.83. The first-order chi connectivity index (χ1) is 5.11. The van der Waals surface area contributed by atoms with Gasteiger partial charge in [-0.05, 0) is 12.3 Å². The Balaban J connectivity index is 2.46. The maximum Gasteiger partial charge on any atom is 0.188 e. The van der Waals surface area contributed by atoms with Crippen molar-refractivity contribution in [3.8, 4) is 0 Å². The smallest absolute Gasteiger partial charge is 0.188 e. The van der Waals surface area contributed by atoms with Gasteiger partial charge in [-0.2, -0.15) is 0 Å². The Morgan fingerprint density at radius 1 is 1.73 bits per heavy atom. The minimum absolute atomic E-state index is 0.115. The molecule has 1 aliphatic heterocycles. The van der Waals surface area contributed by atoms with Crippen molar-refractivity contribution in [2.75, 3.05) is 13.1 Å². The minimum atomic E-state index is -0.217. The third-order valence-electron chi connectivity index (χ3n) is 2.20. The summed E-state index contributed by atoms with van der Waals surface area (Å²) < 4.78 is 0. The number of rotatable bonds is 0. The molecule has 2 atom stereocenters. The lowest BCUT2D eigenvalue weighted by atomic mass is 9.97. The fraction of sp³-hybridized carbons (Fsp3) is 0.857. The van der Waals surface area contributed by atoms with Crippen molar-refractivity contribution < 1.29 is 5.11 Å². The average Bonchev–Trinajstić information content (AvgIpc) is 1.94. The number of hydrogen-bond acceptors (Lipinski definition) is 2. The maximum atomic E-state index is 9.34. The Kier molecular flexibility index (Phi) is 2.34. The van der Waals surface area contributed by atoms with E-state index >= 15 is 0 Å². The van der Waals surface area contributed by atoms with Crippen molar-refractivity contribution in [2.45, 2.75) is 19.4 Å². The van der Waals surface area contributed by atoms with Crippen LogP contribution in [0.25, 0.3) is 0 Å². The van der Waals surface area contributed by atoms with E-state index in [1.54, 1.807) is 4.90 Å². The average molecular weight is 157 g/mol. The number of aliphatic hydroxyl groups excluding tert-OH is 1. The van der Waals surface area contributed by atoms with Crippen LogP contribution in [0.4, 0.5) is 0 Å². The number of guanidine groups is 1. The van der Waals surface area contributed by atoms with E-state index < -0.39 is 0 Å². The van der Waals surface area contributed by atoms with Gasteiger partial charge in [-0.15, -0.1) is 0 Å². The Morgan fingerprint density at radius 3 is 2.82 bits per heavy atom. The second kappa shape index (κ2) is 3.09. The predicted molar refractivity (Wildman–Crippen MR) is 43.3 cm³/mol. The van der Waals surface area contributed by atoms with Crippen LogP contribution in [-0.2, 0) is 0 Å². The second-order valence-electron chi connectivity index (χ2n) is 3.16. The summed E-state index contributed by atoms with van der Waals surface area (Å²) in [6.07, 6.45) is 0.506. The molecule has 0 radical (unpaired) electrons. The highest BCUT2D eigenvalue weighted by Gasteiger charge is 2.24. The summed E-state index contributed by atoms with van der Waals surface area (Å²) in [6.45, 7) is 3.39. The van der Waals surface area contributed by atoms with Crippen LogP contribution in [0.3, 0.4) is 0 Å². The van der Waals surface area contributed by atoms with Crippen LogP contribution in [0, 0.1) is 11.3 Å². The molecular weight excluding hydrogens is 142 g/mol. The molecule has 11 heavy (non-hydrogen) atoms. The molecule has 1 saturated heterocycles. The Labute approximate surface area is 66.5 Å². The molecule has 4 heteroatoms. The van der Waals surface area contributed by atoms with Gasteiger partial charge < -0.3 is 15.7 Å². The van der Waals surface area contributed by atoms with Gasteiger partial charge in [0.15, 0.2) is 5.96 Å². The fourth-order valence-electron chi connectivity index (χ4n) is 1.35. The number of aliphatic hydroxyl groups is 1. The highest BCUT2D eigenvalue weighted by Crippen LogP contribution is 2.15. The van der Waals surface area contributed by atoms with Crippen molar-refractivity contribution in [2.24, 2.45) is 11.7 Å². The summed E-state index contributed by atoms with van der Waals surface area (Å²) in [4.78, 5) is 1.79. The normalized spacial score (nSPS) is 32.0. The summed E-state index contributed by atoms with van der Waals surface area (Å²) in [5, 5.41) is 16.5. The molecule has 0 aromatic rings. The summed E-state index contributed by atoms with van der Waals surface area (Å²) in [5.41, 5.74) is 5.30. The summed E-state index contributed by atoms with van der Waals surface area (Å²) in [6, 6.07) is 0. The lowest BCUT2D eigenvalue weighted by Gasteiger charge is -2.34. The third-order valence-corrected chi connectivity index (χ3v) is 2.20. The van der Waals surface area contributed by atoms with Crippen molar-refractivity contribution in [1.29, 1.82) is 5.41 Å². The molecule has 1 heterocycles. The topological polar surface area (TPSA) is 73.3 Å². The van der Waals surface area contributed by atoms with Gasteiger partial charge in [0.2, 0.25) is 0 Å². The van der Waals surface area contributed by atoms with Crippen molar-refractivity contribution in [3.63, 3.8) is 0 Å². The molecule has 0 spiro atoms. The van der Waals surface area contributed by atoms with Gasteiger partial charge in [0.1, 0.15) is 0 Å². The molecule has 1 fully saturated rings. The molecule has 0 saturated carbocycles. The lowest BCUT2D eigenvalue weighted by molar-refractivity contribution is 0.0584. The van der Waals surface area contributed by atoms with Crippen LogP contribution < -0.4 is 5.73 Å². The van der Waals surface area contributed by atoms with E-state index in [2.05, 4.69) is 0 Å². The van der Waals surface area contributed by atoms with Gasteiger partial charge in [0.25, 0.3) is 0 Å². The van der Waals surface area contributed by atoms with Crippen LogP contribution in [0.2, 0.25) is 0 Å². The molecule has 0 bridgehead atoms. The van der Waals surface area contributed by atoms with Crippen LogP contribution in [0.15, 0.2) is 0 Å². The van der Waals surface area contributed by atoms with Gasteiger partial charge in [0.05, 0.1) is 6.10 Å². The first-order valence-electron chi connectivity index (χ1n) is 3.88. The fourth-order valence-corrected chi connectivity index (χ4v) is 1.35. The van der Waals surface area contributed by atoms with Crippen LogP contribution >= 0.6 is 0 Å². The number of piperidine rings is 1. The lowest BCUT2D eigenvalue weighted by Crippen LogP contribution is -2.47. The number of likely N-dealkylation sites (tertiary alicyclic amines) is 1. The van der Waals surface area contributed by atoms with Gasteiger partial charge >= 0.3 is 0 Å². The SMILES string of the molecule is C[C@@H]1CN(C(=N)N)CC[C@H]1O. The van der Waals surface area contributed by atoms with Gasteiger partial charge in [-0.1, -0.05) is 6.92 Å². The van der Waals surface area contributed by atoms with Crippen LogP contribution in [-0.4, -0.2) is 35.2 Å². The maximum absolute atomic E-state index is 9.34. The summed E-state index contributed by atoms with van der Waals surface area (Å²) in [5.74, 6) is 0.344. The van der Waals surface area contributed by atoms with E-state index in [0.717, 1.165) is 6.42 Å². The molecule has 0 aliphatic carbocycles. The number of nitrogens with one attached hydrogen (secondary N) is 1. The highest BCUT2D eigenvalue weighted by molar-refractivity contribution is 5.74. The van der Waals surface area contributed by atoms with Crippen molar-refractivity contribution in [1.82, 2.24) is 4.90 Å². The predicted octanol–water partition coefficient (Wildman–Crippen LogP) is -0.417. The molecule has 0 amide bonds. The zero-order valence-corrected chi connectivity index (χ0v) is 6.75. The van der Waals surface area contributed by atoms with Crippen molar-refractivity contribution >= 4 is 5.96 Å². The molecule has 4 N–H and O–H groups in total. The number of hydrogen-bond donors (Lipinski definition) is 3. The molecule has 0 aromatic heterocycles. The van der Waals surface area contributed by atoms with E-state index in [9.17, 15) is 5.11 Å². The highest BCUT2D eigenvalue weighted by atomic mass is 16.3. The van der Waals surface area contributed by atoms with E-state index in [4.69, 9.17) is 11.1 Å². The Morgan fingerprint density at radius 2 is 2.36 bits per heavy atom. The van der Waals surface area contributed by atoms with E-state index in [1.807, 2.05) is 6.92 Å². The molecule has 4 nitrogen and oxygen atoms in total. The number of nitrogens with two attached hydrogens (primary N) is 1. The van der Waals surface area contributed by atoms with E-state index in [-0.39, 0.29) is 18.0 Å². The van der Waals surface area contributed by atoms with E-state index in [1.165, 1.54) is 0 Å². The Hall–Kier alpha value is -0.770. The largest absolute Gasteiger partial charge is 0.393 e. The Bertz CT molecular complexity index is 160. The standard InChI is InChI=1S/C7H15N3O/c1-5-4-10(7(8)9)3-2-6(5)11/h5-6,11H,2-4H2,1H3,(H3,8,9)/t5-,6-/m1/s1. The van der Waals surface area contributed by atoms with E-state index in [0.29, 0.717) is 13.1 Å².